The molecule has 0 aromatic heterocycles. The minimum absolute atomic E-state index is 0.0491. The third-order valence-corrected chi connectivity index (χ3v) is 2.10. The molecule has 4 N–H and O–H groups in total. The van der Waals surface area contributed by atoms with Crippen LogP contribution in [0.15, 0.2) is 18.2 Å². The Morgan fingerprint density at radius 3 is 2.53 bits per heavy atom. The zero-order valence-electron chi connectivity index (χ0n) is 8.29. The molecule has 1 rings (SSSR count). The lowest BCUT2D eigenvalue weighted by molar-refractivity contribution is -0.0153. The summed E-state index contributed by atoms with van der Waals surface area (Å²) >= 11 is 0. The molecule has 0 unspecified atom stereocenters. The van der Waals surface area contributed by atoms with E-state index in [1.807, 2.05) is 0 Å². The van der Waals surface area contributed by atoms with E-state index in [4.69, 9.17) is 9.84 Å². The van der Waals surface area contributed by atoms with Gasteiger partial charge >= 0.3 is 0 Å². The number of phenolic OH excluding ortho intramolecular Hbond substituents is 1. The van der Waals surface area contributed by atoms with Gasteiger partial charge in [-0.3, -0.25) is 0 Å². The average Bonchev–Trinajstić information content (AvgIpc) is 2.27. The Kier molecular flexibility index (Phi) is 3.90. The summed E-state index contributed by atoms with van der Waals surface area (Å²) in [6, 6.07) is 4.20. The largest absolute Gasteiger partial charge is 0.504 e. The van der Waals surface area contributed by atoms with Gasteiger partial charge in [0.05, 0.1) is 13.7 Å². The van der Waals surface area contributed by atoms with Crippen molar-refractivity contribution < 1.29 is 25.2 Å². The highest BCUT2D eigenvalue weighted by Crippen LogP contribution is 2.29. The summed E-state index contributed by atoms with van der Waals surface area (Å²) in [4.78, 5) is 0. The second-order valence-electron chi connectivity index (χ2n) is 3.13. The summed E-state index contributed by atoms with van der Waals surface area (Å²) in [5.41, 5.74) is 0.367. The van der Waals surface area contributed by atoms with E-state index < -0.39 is 18.8 Å². The van der Waals surface area contributed by atoms with Crippen molar-refractivity contribution in [3.63, 3.8) is 0 Å². The highest BCUT2D eigenvalue weighted by Gasteiger charge is 2.18. The topological polar surface area (TPSA) is 90.2 Å². The summed E-state index contributed by atoms with van der Waals surface area (Å²) in [7, 11) is 1.38. The number of aliphatic hydroxyl groups excluding tert-OH is 3. The van der Waals surface area contributed by atoms with Crippen molar-refractivity contribution >= 4 is 0 Å². The summed E-state index contributed by atoms with van der Waals surface area (Å²) in [5.74, 6) is 0.156. The monoisotopic (exact) mass is 214 g/mol. The van der Waals surface area contributed by atoms with Crippen LogP contribution in [0.5, 0.6) is 11.5 Å². The highest BCUT2D eigenvalue weighted by molar-refractivity contribution is 5.42. The Hall–Kier alpha value is -1.30. The normalized spacial score (nSPS) is 14.7. The molecule has 0 radical (unpaired) electrons. The predicted molar refractivity (Wildman–Crippen MR) is 52.7 cm³/mol. The molecule has 5 heteroatoms. The van der Waals surface area contributed by atoms with Crippen LogP contribution in [-0.4, -0.2) is 40.2 Å². The van der Waals surface area contributed by atoms with Gasteiger partial charge in [0.25, 0.3) is 0 Å². The fourth-order valence-corrected chi connectivity index (χ4v) is 1.20. The first kappa shape index (κ1) is 11.8. The van der Waals surface area contributed by atoms with Crippen LogP contribution >= 0.6 is 0 Å². The van der Waals surface area contributed by atoms with E-state index in [1.54, 1.807) is 0 Å². The van der Waals surface area contributed by atoms with Gasteiger partial charge in [0, 0.05) is 0 Å². The molecule has 0 spiro atoms. The molecule has 2 atom stereocenters. The maximum Gasteiger partial charge on any atom is 0.160 e. The number of hydrogen-bond donors (Lipinski definition) is 4. The average molecular weight is 214 g/mol. The van der Waals surface area contributed by atoms with Gasteiger partial charge in [0.1, 0.15) is 12.2 Å². The molecule has 1 aromatic carbocycles. The third-order valence-electron chi connectivity index (χ3n) is 2.10. The van der Waals surface area contributed by atoms with Gasteiger partial charge in [-0.15, -0.1) is 0 Å². The second-order valence-corrected chi connectivity index (χ2v) is 3.13. The van der Waals surface area contributed by atoms with Gasteiger partial charge in [-0.05, 0) is 17.7 Å². The van der Waals surface area contributed by atoms with Crippen molar-refractivity contribution in [2.75, 3.05) is 13.7 Å². The van der Waals surface area contributed by atoms with E-state index in [1.165, 1.54) is 25.3 Å². The van der Waals surface area contributed by atoms with Gasteiger partial charge in [-0.25, -0.2) is 0 Å². The lowest BCUT2D eigenvalue weighted by atomic mass is 10.0. The Labute approximate surface area is 87.2 Å². The Balaban J connectivity index is 2.95. The van der Waals surface area contributed by atoms with Crippen LogP contribution in [0.1, 0.15) is 11.7 Å². The van der Waals surface area contributed by atoms with E-state index in [0.29, 0.717) is 5.56 Å². The summed E-state index contributed by atoms with van der Waals surface area (Å²) in [6.45, 7) is -0.537. The van der Waals surface area contributed by atoms with Crippen molar-refractivity contribution in [3.8, 4) is 11.5 Å². The third kappa shape index (κ3) is 2.59. The van der Waals surface area contributed by atoms with Crippen LogP contribution in [0.4, 0.5) is 0 Å². The van der Waals surface area contributed by atoms with Crippen LogP contribution in [0, 0.1) is 0 Å². The predicted octanol–water partition coefficient (Wildman–Crippen LogP) is -0.213. The van der Waals surface area contributed by atoms with Crippen LogP contribution in [0.2, 0.25) is 0 Å². The van der Waals surface area contributed by atoms with E-state index in [-0.39, 0.29) is 11.5 Å². The molecule has 0 fully saturated rings. The second kappa shape index (κ2) is 4.97. The fraction of sp³-hybridized carbons (Fsp3) is 0.400. The number of rotatable bonds is 4. The van der Waals surface area contributed by atoms with Gasteiger partial charge in [0.2, 0.25) is 0 Å². The lowest BCUT2D eigenvalue weighted by Gasteiger charge is -2.16. The lowest BCUT2D eigenvalue weighted by Crippen LogP contribution is -2.21. The van der Waals surface area contributed by atoms with E-state index in [2.05, 4.69) is 0 Å². The Morgan fingerprint density at radius 1 is 1.33 bits per heavy atom. The molecule has 0 amide bonds. The molecular weight excluding hydrogens is 200 g/mol. The summed E-state index contributed by atoms with van der Waals surface area (Å²) < 4.78 is 4.84. The van der Waals surface area contributed by atoms with Crippen molar-refractivity contribution in [1.29, 1.82) is 0 Å². The first-order valence-electron chi connectivity index (χ1n) is 4.44. The maximum absolute atomic E-state index is 9.55. The molecule has 0 heterocycles. The molecule has 0 bridgehead atoms. The Morgan fingerprint density at radius 2 is 2.00 bits per heavy atom. The van der Waals surface area contributed by atoms with Gasteiger partial charge < -0.3 is 25.2 Å². The van der Waals surface area contributed by atoms with Crippen LogP contribution in [0.3, 0.4) is 0 Å². The van der Waals surface area contributed by atoms with E-state index in [0.717, 1.165) is 0 Å². The quantitative estimate of drug-likeness (QED) is 0.556. The SMILES string of the molecule is COc1cc([C@H](O)[C@@H](O)CO)ccc1O. The molecule has 0 saturated carbocycles. The zero-order valence-corrected chi connectivity index (χ0v) is 8.29. The van der Waals surface area contributed by atoms with Gasteiger partial charge in [-0.2, -0.15) is 0 Å². The molecule has 0 aliphatic heterocycles. The number of benzene rings is 1. The number of aromatic hydroxyl groups is 1. The highest BCUT2D eigenvalue weighted by atomic mass is 16.5. The minimum atomic E-state index is -1.25. The Bertz CT molecular complexity index is 326. The standard InChI is InChI=1S/C10H14O5/c1-15-9-4-6(2-3-7(9)12)10(14)8(13)5-11/h2-4,8,10-14H,5H2,1H3/t8-,10-/m0/s1. The molecule has 5 nitrogen and oxygen atoms in total. The number of aliphatic hydroxyl groups is 3. The van der Waals surface area contributed by atoms with Gasteiger partial charge in [-0.1, -0.05) is 6.07 Å². The van der Waals surface area contributed by atoms with Crippen molar-refractivity contribution in [2.45, 2.75) is 12.2 Å². The van der Waals surface area contributed by atoms with E-state index >= 15 is 0 Å². The van der Waals surface area contributed by atoms with Crippen molar-refractivity contribution in [1.82, 2.24) is 0 Å². The van der Waals surface area contributed by atoms with Crippen molar-refractivity contribution in [3.05, 3.63) is 23.8 Å². The maximum atomic E-state index is 9.55. The molecule has 84 valence electrons. The minimum Gasteiger partial charge on any atom is -0.504 e. The first-order valence-corrected chi connectivity index (χ1v) is 4.44. The fourth-order valence-electron chi connectivity index (χ4n) is 1.20. The van der Waals surface area contributed by atoms with E-state index in [9.17, 15) is 15.3 Å². The van der Waals surface area contributed by atoms with Crippen LogP contribution in [-0.2, 0) is 0 Å². The van der Waals surface area contributed by atoms with Crippen LogP contribution < -0.4 is 4.74 Å². The molecule has 0 saturated heterocycles. The van der Waals surface area contributed by atoms with Crippen molar-refractivity contribution in [2.24, 2.45) is 0 Å². The number of ether oxygens (including phenoxy) is 1. The summed E-state index contributed by atoms with van der Waals surface area (Å²) in [5, 5.41) is 36.7. The summed E-state index contributed by atoms with van der Waals surface area (Å²) in [6.07, 6.45) is -2.45. The molecule has 15 heavy (non-hydrogen) atoms. The number of phenols is 1. The van der Waals surface area contributed by atoms with Gasteiger partial charge in [0.15, 0.2) is 11.5 Å². The zero-order chi connectivity index (χ0) is 11.4. The molecule has 0 aliphatic carbocycles. The molecule has 1 aromatic rings. The molecular formula is C10H14O5. The van der Waals surface area contributed by atoms with Crippen LogP contribution in [0.25, 0.3) is 0 Å². The number of methoxy groups -OCH3 is 1. The first-order chi connectivity index (χ1) is 7.10. The number of hydrogen-bond acceptors (Lipinski definition) is 5. The molecule has 0 aliphatic rings. The smallest absolute Gasteiger partial charge is 0.160 e.